The lowest BCUT2D eigenvalue weighted by Crippen LogP contribution is -2.27. The van der Waals surface area contributed by atoms with Crippen LogP contribution in [0.25, 0.3) is 17.1 Å². The number of rotatable bonds is 9. The first-order valence-corrected chi connectivity index (χ1v) is 10.3. The van der Waals surface area contributed by atoms with Gasteiger partial charge in [-0.2, -0.15) is 4.98 Å². The number of hydrogen-bond donors (Lipinski definition) is 1. The highest BCUT2D eigenvalue weighted by molar-refractivity contribution is 6.39. The van der Waals surface area contributed by atoms with E-state index in [4.69, 9.17) is 25.8 Å². The van der Waals surface area contributed by atoms with Gasteiger partial charge in [0.25, 0.3) is 0 Å². The molecule has 2 aromatic carbocycles. The van der Waals surface area contributed by atoms with Gasteiger partial charge < -0.3 is 19.5 Å². The van der Waals surface area contributed by atoms with Crippen LogP contribution in [-0.2, 0) is 9.53 Å². The Morgan fingerprint density at radius 3 is 2.66 bits per heavy atom. The highest BCUT2D eigenvalue weighted by atomic mass is 35.5. The van der Waals surface area contributed by atoms with Crippen LogP contribution in [0.15, 0.2) is 48.5 Å². The molecule has 32 heavy (non-hydrogen) atoms. The third-order valence-electron chi connectivity index (χ3n) is 4.99. The molecule has 0 bridgehead atoms. The van der Waals surface area contributed by atoms with Gasteiger partial charge in [0.05, 0.1) is 19.4 Å². The molecule has 1 heterocycles. The van der Waals surface area contributed by atoms with Gasteiger partial charge in [0.15, 0.2) is 10.7 Å². The zero-order chi connectivity index (χ0) is 22.7. The van der Waals surface area contributed by atoms with Crippen molar-refractivity contribution in [2.75, 3.05) is 32.8 Å². The summed E-state index contributed by atoms with van der Waals surface area (Å²) in [5, 5.41) is 7.13. The fraction of sp³-hybridized carbons (Fsp3) is 0.318. The molecule has 0 unspecified atom stereocenters. The second kappa shape index (κ2) is 9.13. The molecule has 2 atom stereocenters. The summed E-state index contributed by atoms with van der Waals surface area (Å²) < 4.78 is 30.9. The van der Waals surface area contributed by atoms with Crippen LogP contribution in [0.5, 0.6) is 11.8 Å². The Balaban J connectivity index is 1.65. The van der Waals surface area contributed by atoms with Gasteiger partial charge in [-0.25, -0.2) is 9.07 Å². The third kappa shape index (κ3) is 4.53. The first-order chi connectivity index (χ1) is 15.4. The van der Waals surface area contributed by atoms with E-state index in [0.29, 0.717) is 36.2 Å². The average Bonchev–Trinajstić information content (AvgIpc) is 3.22. The standard InChI is InChI=1S/C22H22ClFN4O4/c1-30-10-11-32-21-26-19(14-6-8-17(31-2)9-7-14)28(27-21)16-5-3-4-15(12-16)25-20(29)22(23)13-18(22)24/h3-9,12,18H,10-11,13H2,1-2H3,(H,25,29)/t18-,22-/m1/s1. The van der Waals surface area contributed by atoms with E-state index in [2.05, 4.69) is 15.4 Å². The van der Waals surface area contributed by atoms with Crippen molar-refractivity contribution in [2.24, 2.45) is 0 Å². The highest BCUT2D eigenvalue weighted by Crippen LogP contribution is 2.46. The maximum absolute atomic E-state index is 13.4. The Morgan fingerprint density at radius 2 is 2.00 bits per heavy atom. The number of nitrogens with zero attached hydrogens (tertiary/aromatic N) is 3. The van der Waals surface area contributed by atoms with Gasteiger partial charge in [-0.15, -0.1) is 16.7 Å². The zero-order valence-electron chi connectivity index (χ0n) is 17.5. The molecule has 10 heteroatoms. The Hall–Kier alpha value is -3.17. The molecule has 1 amide bonds. The number of carbonyl (C=O) groups is 1. The fourth-order valence-electron chi connectivity index (χ4n) is 3.06. The number of amides is 1. The Kier molecular flexibility index (Phi) is 6.29. The lowest BCUT2D eigenvalue weighted by Gasteiger charge is -2.11. The first kappa shape index (κ1) is 22.0. The highest BCUT2D eigenvalue weighted by Gasteiger charge is 2.60. The fourth-order valence-corrected chi connectivity index (χ4v) is 3.25. The molecule has 0 spiro atoms. The molecule has 1 saturated carbocycles. The van der Waals surface area contributed by atoms with Gasteiger partial charge in [-0.1, -0.05) is 6.07 Å². The van der Waals surface area contributed by atoms with Crippen molar-refractivity contribution < 1.29 is 23.4 Å². The molecule has 3 aromatic rings. The molecule has 1 N–H and O–H groups in total. The maximum atomic E-state index is 13.4. The molecule has 168 valence electrons. The summed E-state index contributed by atoms with van der Waals surface area (Å²) >= 11 is 5.99. The Bertz CT molecular complexity index is 1110. The molecule has 1 aliphatic rings. The number of nitrogens with one attached hydrogen (secondary N) is 1. The minimum Gasteiger partial charge on any atom is -0.497 e. The zero-order valence-corrected chi connectivity index (χ0v) is 18.3. The van der Waals surface area contributed by atoms with E-state index in [0.717, 1.165) is 5.56 Å². The normalized spacial score (nSPS) is 19.4. The number of aromatic nitrogens is 3. The predicted molar refractivity (Wildman–Crippen MR) is 117 cm³/mol. The number of halogens is 2. The molecular formula is C22H22ClFN4O4. The van der Waals surface area contributed by atoms with E-state index in [1.54, 1.807) is 37.1 Å². The first-order valence-electron chi connectivity index (χ1n) is 9.92. The van der Waals surface area contributed by atoms with Crippen molar-refractivity contribution in [2.45, 2.75) is 17.5 Å². The second-order valence-electron chi connectivity index (χ2n) is 7.24. The van der Waals surface area contributed by atoms with E-state index < -0.39 is 17.0 Å². The van der Waals surface area contributed by atoms with Crippen LogP contribution >= 0.6 is 11.6 Å². The van der Waals surface area contributed by atoms with Crippen LogP contribution in [0.1, 0.15) is 6.42 Å². The number of hydrogen-bond acceptors (Lipinski definition) is 6. The van der Waals surface area contributed by atoms with Crippen LogP contribution < -0.4 is 14.8 Å². The van der Waals surface area contributed by atoms with Crippen molar-refractivity contribution in [1.29, 1.82) is 0 Å². The van der Waals surface area contributed by atoms with Crippen molar-refractivity contribution >= 4 is 23.2 Å². The third-order valence-corrected chi connectivity index (χ3v) is 5.56. The molecule has 0 saturated heterocycles. The van der Waals surface area contributed by atoms with Crippen LogP contribution in [0.2, 0.25) is 0 Å². The van der Waals surface area contributed by atoms with Crippen molar-refractivity contribution in [3.05, 3.63) is 48.5 Å². The summed E-state index contributed by atoms with van der Waals surface area (Å²) in [7, 11) is 3.17. The van der Waals surface area contributed by atoms with Gasteiger partial charge in [0.1, 0.15) is 18.5 Å². The predicted octanol–water partition coefficient (Wildman–Crippen LogP) is 3.63. The van der Waals surface area contributed by atoms with Gasteiger partial charge >= 0.3 is 6.01 Å². The summed E-state index contributed by atoms with van der Waals surface area (Å²) in [4.78, 5) is 15.3. The Labute approximate surface area is 189 Å². The molecule has 0 radical (unpaired) electrons. The van der Waals surface area contributed by atoms with E-state index in [1.807, 2.05) is 30.3 Å². The molecule has 8 nitrogen and oxygen atoms in total. The quantitative estimate of drug-likeness (QED) is 0.387. The van der Waals surface area contributed by atoms with Crippen LogP contribution in [0.3, 0.4) is 0 Å². The van der Waals surface area contributed by atoms with Gasteiger partial charge in [-0.3, -0.25) is 4.79 Å². The van der Waals surface area contributed by atoms with Crippen molar-refractivity contribution in [3.8, 4) is 28.8 Å². The molecular weight excluding hydrogens is 439 g/mol. The minimum atomic E-state index is -1.49. The number of ether oxygens (including phenoxy) is 3. The lowest BCUT2D eigenvalue weighted by atomic mass is 10.2. The van der Waals surface area contributed by atoms with Crippen molar-refractivity contribution in [3.63, 3.8) is 0 Å². The largest absolute Gasteiger partial charge is 0.497 e. The van der Waals surface area contributed by atoms with E-state index in [9.17, 15) is 9.18 Å². The number of benzene rings is 2. The van der Waals surface area contributed by atoms with Crippen LogP contribution in [0, 0.1) is 0 Å². The van der Waals surface area contributed by atoms with Crippen LogP contribution in [-0.4, -0.2) is 59.2 Å². The maximum Gasteiger partial charge on any atom is 0.336 e. The number of anilines is 1. The van der Waals surface area contributed by atoms with Crippen LogP contribution in [0.4, 0.5) is 10.1 Å². The average molecular weight is 461 g/mol. The molecule has 1 aliphatic carbocycles. The van der Waals surface area contributed by atoms with Gasteiger partial charge in [0.2, 0.25) is 5.91 Å². The van der Waals surface area contributed by atoms with Gasteiger partial charge in [-0.05, 0) is 42.5 Å². The smallest absolute Gasteiger partial charge is 0.336 e. The lowest BCUT2D eigenvalue weighted by molar-refractivity contribution is -0.116. The summed E-state index contributed by atoms with van der Waals surface area (Å²) in [5.74, 6) is 0.673. The Morgan fingerprint density at radius 1 is 1.25 bits per heavy atom. The molecule has 4 rings (SSSR count). The second-order valence-corrected chi connectivity index (χ2v) is 7.91. The summed E-state index contributed by atoms with van der Waals surface area (Å²) in [6.07, 6.45) is -1.33. The monoisotopic (exact) mass is 460 g/mol. The molecule has 1 fully saturated rings. The van der Waals surface area contributed by atoms with E-state index in [1.165, 1.54) is 0 Å². The summed E-state index contributed by atoms with van der Waals surface area (Å²) in [5.41, 5.74) is 1.87. The number of methoxy groups -OCH3 is 2. The molecule has 1 aromatic heterocycles. The van der Waals surface area contributed by atoms with E-state index >= 15 is 0 Å². The summed E-state index contributed by atoms with van der Waals surface area (Å²) in [6, 6.07) is 14.5. The number of carbonyl (C=O) groups excluding carboxylic acids is 1. The summed E-state index contributed by atoms with van der Waals surface area (Å²) in [6.45, 7) is 0.685. The minimum absolute atomic E-state index is 0.00689. The SMILES string of the molecule is COCCOc1nc(-c2ccc(OC)cc2)n(-c2cccc(NC(=O)[C@@]3(Cl)C[C@H]3F)c2)n1. The van der Waals surface area contributed by atoms with Gasteiger partial charge in [0, 0.05) is 24.8 Å². The molecule has 0 aliphatic heterocycles. The topological polar surface area (TPSA) is 87.5 Å². The number of alkyl halides is 2. The van der Waals surface area contributed by atoms with E-state index in [-0.39, 0.29) is 12.4 Å². The van der Waals surface area contributed by atoms with Crippen molar-refractivity contribution in [1.82, 2.24) is 14.8 Å².